The molecule has 2 heterocycles. The van der Waals surface area contributed by atoms with Crippen molar-refractivity contribution in [3.05, 3.63) is 74.6 Å². The van der Waals surface area contributed by atoms with Crippen LogP contribution in [0.5, 0.6) is 5.75 Å². The van der Waals surface area contributed by atoms with Gasteiger partial charge in [-0.05, 0) is 55.8 Å². The number of benzene rings is 1. The van der Waals surface area contributed by atoms with Crippen LogP contribution in [0, 0.1) is 0 Å². The molecular weight excluding hydrogens is 432 g/mol. The highest BCUT2D eigenvalue weighted by atomic mass is 32.1. The molecule has 0 fully saturated rings. The van der Waals surface area contributed by atoms with E-state index in [9.17, 15) is 14.7 Å². The Morgan fingerprint density at radius 1 is 1.00 bits per heavy atom. The first-order chi connectivity index (χ1) is 14.7. The number of phenolic OH excluding ortho intramolecular Hbond substituents is 1. The van der Waals surface area contributed by atoms with E-state index in [1.807, 2.05) is 55.8 Å². The summed E-state index contributed by atoms with van der Waals surface area (Å²) in [5, 5.41) is 16.3. The summed E-state index contributed by atoms with van der Waals surface area (Å²) in [5.74, 6) is -0.250. The molecule has 0 bridgehead atoms. The van der Waals surface area contributed by atoms with Gasteiger partial charge < -0.3 is 20.1 Å². The van der Waals surface area contributed by atoms with Gasteiger partial charge in [0, 0.05) is 20.9 Å². The Kier molecular flexibility index (Phi) is 7.35. The van der Waals surface area contributed by atoms with Crippen molar-refractivity contribution in [2.45, 2.75) is 45.5 Å². The largest absolute Gasteiger partial charge is 0.508 e. The van der Waals surface area contributed by atoms with Gasteiger partial charge in [-0.2, -0.15) is 0 Å². The summed E-state index contributed by atoms with van der Waals surface area (Å²) in [5.41, 5.74) is -0.0120. The second-order valence-corrected chi connectivity index (χ2v) is 10.2. The molecule has 0 saturated heterocycles. The molecule has 164 valence electrons. The van der Waals surface area contributed by atoms with Gasteiger partial charge in [-0.15, -0.1) is 22.7 Å². The highest BCUT2D eigenvalue weighted by Crippen LogP contribution is 2.26. The Morgan fingerprint density at radius 3 is 2.00 bits per heavy atom. The second kappa shape index (κ2) is 9.98. The number of phenols is 1. The minimum Gasteiger partial charge on any atom is -0.508 e. The molecule has 0 saturated carbocycles. The van der Waals surface area contributed by atoms with Crippen molar-refractivity contribution in [2.75, 3.05) is 0 Å². The average molecular weight is 459 g/mol. The summed E-state index contributed by atoms with van der Waals surface area (Å²) in [4.78, 5) is 29.9. The molecule has 3 aromatic rings. The normalized spacial score (nSPS) is 12.2. The molecule has 2 N–H and O–H groups in total. The van der Waals surface area contributed by atoms with E-state index in [0.717, 1.165) is 9.75 Å². The van der Waals surface area contributed by atoms with E-state index in [4.69, 9.17) is 4.74 Å². The van der Waals surface area contributed by atoms with Gasteiger partial charge in [-0.1, -0.05) is 24.3 Å². The molecule has 31 heavy (non-hydrogen) atoms. The molecule has 2 amide bonds. The molecule has 0 radical (unpaired) electrons. The number of hydrogen-bond acceptors (Lipinski definition) is 6. The number of hydrogen-bond donors (Lipinski definition) is 2. The first-order valence-electron chi connectivity index (χ1n) is 9.82. The highest BCUT2D eigenvalue weighted by molar-refractivity contribution is 7.10. The Labute approximate surface area is 190 Å². The van der Waals surface area contributed by atoms with E-state index in [1.165, 1.54) is 12.1 Å². The molecule has 0 aliphatic carbocycles. The molecule has 3 rings (SSSR count). The van der Waals surface area contributed by atoms with Crippen LogP contribution in [0.1, 0.15) is 42.2 Å². The summed E-state index contributed by atoms with van der Waals surface area (Å²) in [6.45, 7) is 6.34. The first kappa shape index (κ1) is 22.8. The van der Waals surface area contributed by atoms with Gasteiger partial charge in [0.15, 0.2) is 0 Å². The Hall–Kier alpha value is -2.84. The fourth-order valence-corrected chi connectivity index (χ4v) is 4.35. The third kappa shape index (κ3) is 6.83. The van der Waals surface area contributed by atoms with E-state index in [-0.39, 0.29) is 11.7 Å². The number of ether oxygens (including phenoxy) is 1. The lowest BCUT2D eigenvalue weighted by Crippen LogP contribution is -2.43. The van der Waals surface area contributed by atoms with E-state index >= 15 is 0 Å². The van der Waals surface area contributed by atoms with E-state index < -0.39 is 17.7 Å². The van der Waals surface area contributed by atoms with Crippen molar-refractivity contribution >= 4 is 34.7 Å². The van der Waals surface area contributed by atoms with Crippen molar-refractivity contribution in [1.82, 2.24) is 10.2 Å². The van der Waals surface area contributed by atoms with Crippen LogP contribution in [0.25, 0.3) is 0 Å². The van der Waals surface area contributed by atoms with Gasteiger partial charge in [0.05, 0.1) is 13.1 Å². The molecule has 0 aliphatic rings. The molecule has 6 nitrogen and oxygen atoms in total. The van der Waals surface area contributed by atoms with Gasteiger partial charge in [0.2, 0.25) is 6.10 Å². The van der Waals surface area contributed by atoms with Crippen LogP contribution in [0.3, 0.4) is 0 Å². The number of thiophene rings is 2. The molecule has 0 unspecified atom stereocenters. The van der Waals surface area contributed by atoms with Crippen LogP contribution in [0.4, 0.5) is 4.79 Å². The third-order valence-corrected chi connectivity index (χ3v) is 6.01. The number of rotatable bonds is 7. The number of amides is 2. The summed E-state index contributed by atoms with van der Waals surface area (Å²) in [7, 11) is 0. The second-order valence-electron chi connectivity index (χ2n) is 8.10. The van der Waals surface area contributed by atoms with Crippen LogP contribution in [-0.2, 0) is 22.6 Å². The summed E-state index contributed by atoms with van der Waals surface area (Å²) < 4.78 is 5.62. The SMILES string of the molecule is CC(C)(C)NC(=O)O[C@@H](C(=O)N(Cc1cccs1)Cc1cccs1)c1ccc(O)cc1. The fraction of sp³-hybridized carbons (Fsp3) is 0.304. The monoisotopic (exact) mass is 458 g/mol. The highest BCUT2D eigenvalue weighted by Gasteiger charge is 2.31. The predicted octanol–water partition coefficient (Wildman–Crippen LogP) is 5.31. The topological polar surface area (TPSA) is 78.9 Å². The number of carbonyl (C=O) groups is 2. The van der Waals surface area contributed by atoms with Gasteiger partial charge >= 0.3 is 6.09 Å². The molecule has 1 aromatic carbocycles. The standard InChI is InChI=1S/C23H26N2O4S2/c1-23(2,3)24-22(28)29-20(16-8-10-17(26)11-9-16)21(27)25(14-18-6-4-12-30-18)15-19-7-5-13-31-19/h4-13,20,26H,14-15H2,1-3H3,(H,24,28)/t20-/m1/s1. The van der Waals surface area contributed by atoms with Crippen LogP contribution in [0.2, 0.25) is 0 Å². The van der Waals surface area contributed by atoms with Gasteiger partial charge in [0.1, 0.15) is 5.75 Å². The minimum absolute atomic E-state index is 0.0723. The van der Waals surface area contributed by atoms with Crippen LogP contribution >= 0.6 is 22.7 Å². The lowest BCUT2D eigenvalue weighted by Gasteiger charge is -2.28. The van der Waals surface area contributed by atoms with Gasteiger partial charge in [-0.3, -0.25) is 4.79 Å². The van der Waals surface area contributed by atoms with Gasteiger partial charge in [0.25, 0.3) is 5.91 Å². The van der Waals surface area contributed by atoms with E-state index in [1.54, 1.807) is 39.7 Å². The quantitative estimate of drug-likeness (QED) is 0.503. The maximum atomic E-state index is 13.7. The van der Waals surface area contributed by atoms with Crippen molar-refractivity contribution in [1.29, 1.82) is 0 Å². The van der Waals surface area contributed by atoms with E-state index in [2.05, 4.69) is 5.32 Å². The molecule has 0 spiro atoms. The maximum absolute atomic E-state index is 13.7. The summed E-state index contributed by atoms with van der Waals surface area (Å²) in [6, 6.07) is 14.0. The number of carbonyl (C=O) groups excluding carboxylic acids is 2. The Balaban J connectivity index is 1.89. The number of nitrogens with one attached hydrogen (secondary N) is 1. The van der Waals surface area contributed by atoms with Crippen LogP contribution in [0.15, 0.2) is 59.3 Å². The van der Waals surface area contributed by atoms with Crippen LogP contribution in [-0.4, -0.2) is 27.5 Å². The fourth-order valence-electron chi connectivity index (χ4n) is 2.91. The number of alkyl carbamates (subject to hydrolysis) is 1. The van der Waals surface area contributed by atoms with Crippen molar-refractivity contribution in [3.63, 3.8) is 0 Å². The summed E-state index contributed by atoms with van der Waals surface area (Å²) in [6.07, 6.45) is -1.81. The van der Waals surface area contributed by atoms with Crippen molar-refractivity contribution in [3.8, 4) is 5.75 Å². The minimum atomic E-state index is -1.14. The Bertz CT molecular complexity index is 942. The molecule has 2 aromatic heterocycles. The van der Waals surface area contributed by atoms with Crippen LogP contribution < -0.4 is 5.32 Å². The predicted molar refractivity (Wildman–Crippen MR) is 123 cm³/mol. The Morgan fingerprint density at radius 2 is 1.55 bits per heavy atom. The lowest BCUT2D eigenvalue weighted by molar-refractivity contribution is -0.142. The van der Waals surface area contributed by atoms with E-state index in [0.29, 0.717) is 18.7 Å². The third-order valence-electron chi connectivity index (χ3n) is 4.29. The molecule has 1 atom stereocenters. The first-order valence-corrected chi connectivity index (χ1v) is 11.6. The number of nitrogens with zero attached hydrogens (tertiary/aromatic N) is 1. The van der Waals surface area contributed by atoms with Crippen molar-refractivity contribution in [2.24, 2.45) is 0 Å². The summed E-state index contributed by atoms with van der Waals surface area (Å²) >= 11 is 3.14. The average Bonchev–Trinajstić information content (AvgIpc) is 3.39. The molecular formula is C23H26N2O4S2. The number of aromatic hydroxyl groups is 1. The molecule has 0 aliphatic heterocycles. The van der Waals surface area contributed by atoms with Gasteiger partial charge in [-0.25, -0.2) is 4.79 Å². The van der Waals surface area contributed by atoms with Crippen molar-refractivity contribution < 1.29 is 19.4 Å². The smallest absolute Gasteiger partial charge is 0.408 e. The zero-order valence-corrected chi connectivity index (χ0v) is 19.3. The maximum Gasteiger partial charge on any atom is 0.408 e. The zero-order chi connectivity index (χ0) is 22.4. The zero-order valence-electron chi connectivity index (χ0n) is 17.7. The lowest BCUT2D eigenvalue weighted by atomic mass is 10.1. The molecule has 8 heteroatoms.